The third-order valence-electron chi connectivity index (χ3n) is 6.87. The van der Waals surface area contributed by atoms with Crippen LogP contribution in [-0.2, 0) is 0 Å². The van der Waals surface area contributed by atoms with Crippen molar-refractivity contribution < 1.29 is 0 Å². The minimum Gasteiger partial charge on any atom is -0.371 e. The molecule has 0 unspecified atom stereocenters. The predicted molar refractivity (Wildman–Crippen MR) is 127 cm³/mol. The molecule has 2 heteroatoms. The summed E-state index contributed by atoms with van der Waals surface area (Å²) >= 11 is 0. The van der Waals surface area contributed by atoms with Crippen molar-refractivity contribution in [3.05, 3.63) is 0 Å². The average molecular weight is 393 g/mol. The molecule has 0 aromatic heterocycles. The highest BCUT2D eigenvalue weighted by molar-refractivity contribution is 5.84. The Labute approximate surface area is 177 Å². The van der Waals surface area contributed by atoms with Crippen LogP contribution in [0.2, 0.25) is 0 Å². The van der Waals surface area contributed by atoms with Crippen molar-refractivity contribution in [1.29, 1.82) is 0 Å². The molecule has 0 fully saturated rings. The zero-order chi connectivity index (χ0) is 21.1. The Balaban J connectivity index is 2.12. The van der Waals surface area contributed by atoms with Crippen LogP contribution in [0, 0.1) is 10.8 Å². The van der Waals surface area contributed by atoms with E-state index >= 15 is 0 Å². The van der Waals surface area contributed by atoms with E-state index in [0.29, 0.717) is 0 Å². The minimum atomic E-state index is 0.00583. The Morgan fingerprint density at radius 3 is 1.43 bits per heavy atom. The lowest BCUT2D eigenvalue weighted by Crippen LogP contribution is -2.54. The van der Waals surface area contributed by atoms with Gasteiger partial charge < -0.3 is 5.32 Å². The summed E-state index contributed by atoms with van der Waals surface area (Å²) in [5, 5.41) is 3.65. The molecule has 28 heavy (non-hydrogen) atoms. The molecule has 0 bridgehead atoms. The molecule has 166 valence electrons. The molecular weight excluding hydrogens is 340 g/mol. The maximum Gasteiger partial charge on any atom is 0.0972 e. The highest BCUT2D eigenvalue weighted by atomic mass is 15.2. The van der Waals surface area contributed by atoms with Gasteiger partial charge in [0.2, 0.25) is 0 Å². The summed E-state index contributed by atoms with van der Waals surface area (Å²) in [6.45, 7) is 17.4. The van der Waals surface area contributed by atoms with Crippen LogP contribution in [0.1, 0.15) is 138 Å². The van der Waals surface area contributed by atoms with Crippen molar-refractivity contribution in [1.82, 2.24) is 5.32 Å². The summed E-state index contributed by atoms with van der Waals surface area (Å²) in [5.41, 5.74) is 0.359. The Kier molecular flexibility index (Phi) is 11.1. The van der Waals surface area contributed by atoms with E-state index in [9.17, 15) is 0 Å². The molecular formula is C26H52N2. The van der Waals surface area contributed by atoms with Crippen molar-refractivity contribution in [3.8, 4) is 0 Å². The van der Waals surface area contributed by atoms with Crippen LogP contribution in [0.5, 0.6) is 0 Å². The first-order valence-corrected chi connectivity index (χ1v) is 12.5. The number of rotatable bonds is 14. The van der Waals surface area contributed by atoms with Gasteiger partial charge in [-0.1, -0.05) is 126 Å². The lowest BCUT2D eigenvalue weighted by Gasteiger charge is -2.48. The zero-order valence-electron chi connectivity index (χ0n) is 20.6. The molecule has 1 rings (SSSR count). The fourth-order valence-corrected chi connectivity index (χ4v) is 4.98. The second-order valence-electron chi connectivity index (χ2n) is 11.3. The van der Waals surface area contributed by atoms with E-state index in [1.807, 2.05) is 0 Å². The Morgan fingerprint density at radius 1 is 0.679 bits per heavy atom. The first-order chi connectivity index (χ1) is 13.1. The van der Waals surface area contributed by atoms with Gasteiger partial charge >= 0.3 is 0 Å². The molecule has 0 aromatic carbocycles. The van der Waals surface area contributed by atoms with Crippen molar-refractivity contribution in [3.63, 3.8) is 0 Å². The van der Waals surface area contributed by atoms with E-state index in [4.69, 9.17) is 4.99 Å². The lowest BCUT2D eigenvalue weighted by molar-refractivity contribution is 0.0748. The quantitative estimate of drug-likeness (QED) is 0.295. The zero-order valence-corrected chi connectivity index (χ0v) is 20.6. The van der Waals surface area contributed by atoms with Gasteiger partial charge in [0.25, 0.3) is 0 Å². The second kappa shape index (κ2) is 12.2. The first-order valence-electron chi connectivity index (χ1n) is 12.5. The molecule has 1 N–H and O–H groups in total. The normalized spacial score (nSPS) is 16.9. The first kappa shape index (κ1) is 25.5. The molecule has 1 aliphatic heterocycles. The number of aliphatic imine (C=N–C) groups is 1. The summed E-state index contributed by atoms with van der Waals surface area (Å²) < 4.78 is 0. The predicted octanol–water partition coefficient (Wildman–Crippen LogP) is 8.30. The third kappa shape index (κ3) is 8.07. The maximum absolute atomic E-state index is 5.26. The van der Waals surface area contributed by atoms with E-state index in [-0.39, 0.29) is 16.4 Å². The molecule has 0 aliphatic carbocycles. The van der Waals surface area contributed by atoms with Gasteiger partial charge in [-0.05, 0) is 17.3 Å². The number of hydrogen-bond acceptors (Lipinski definition) is 2. The van der Waals surface area contributed by atoms with Crippen LogP contribution >= 0.6 is 0 Å². The van der Waals surface area contributed by atoms with Crippen LogP contribution in [0.25, 0.3) is 0 Å². The number of nitrogens with one attached hydrogen (secondary N) is 1. The van der Waals surface area contributed by atoms with Gasteiger partial charge in [-0.3, -0.25) is 4.99 Å². The van der Waals surface area contributed by atoms with Crippen LogP contribution in [0.3, 0.4) is 0 Å². The standard InChI is InChI=1S/C26H52N2/c1-8-9-10-11-12-13-14-15-16-17-18-19-20-21-23-27-22-26(28-23,24(2,3)4)25(5,6)7/h8-22H2,1-7H3,(H,27,28). The molecule has 0 saturated heterocycles. The molecule has 2 nitrogen and oxygen atoms in total. The van der Waals surface area contributed by atoms with Gasteiger partial charge in [0, 0.05) is 13.0 Å². The number of unbranched alkanes of at least 4 members (excludes halogenated alkanes) is 12. The van der Waals surface area contributed by atoms with Gasteiger partial charge in [-0.15, -0.1) is 0 Å². The fraction of sp³-hybridized carbons (Fsp3) is 0.962. The van der Waals surface area contributed by atoms with Crippen molar-refractivity contribution in [2.75, 3.05) is 6.54 Å². The molecule has 0 atom stereocenters. The fourth-order valence-electron chi connectivity index (χ4n) is 4.98. The molecule has 0 aromatic rings. The number of hydrogen-bond donors (Lipinski definition) is 1. The van der Waals surface area contributed by atoms with Crippen molar-refractivity contribution in [2.24, 2.45) is 15.8 Å². The topological polar surface area (TPSA) is 24.4 Å². The Morgan fingerprint density at radius 2 is 1.07 bits per heavy atom. The van der Waals surface area contributed by atoms with E-state index in [0.717, 1.165) is 13.0 Å². The van der Waals surface area contributed by atoms with Crippen molar-refractivity contribution in [2.45, 2.75) is 144 Å². The summed E-state index contributed by atoms with van der Waals surface area (Å²) in [6.07, 6.45) is 19.5. The van der Waals surface area contributed by atoms with Gasteiger partial charge in [-0.2, -0.15) is 0 Å². The lowest BCUT2D eigenvalue weighted by atomic mass is 9.60. The number of nitrogens with zero attached hydrogens (tertiary/aromatic N) is 1. The molecule has 0 amide bonds. The molecule has 0 radical (unpaired) electrons. The molecule has 1 heterocycles. The van der Waals surface area contributed by atoms with Gasteiger partial charge in [0.1, 0.15) is 0 Å². The largest absolute Gasteiger partial charge is 0.371 e. The summed E-state index contributed by atoms with van der Waals surface area (Å²) in [7, 11) is 0. The number of amidine groups is 1. The van der Waals surface area contributed by atoms with Crippen molar-refractivity contribution >= 4 is 5.84 Å². The van der Waals surface area contributed by atoms with Gasteiger partial charge in [0.15, 0.2) is 0 Å². The SMILES string of the molecule is CCCCCCCCCCCCCCCC1=NC(C(C)(C)C)(C(C)(C)C)CN1. The van der Waals surface area contributed by atoms with Gasteiger partial charge in [0.05, 0.1) is 11.4 Å². The third-order valence-corrected chi connectivity index (χ3v) is 6.87. The monoisotopic (exact) mass is 392 g/mol. The highest BCUT2D eigenvalue weighted by Crippen LogP contribution is 2.48. The van der Waals surface area contributed by atoms with Crippen LogP contribution in [0.4, 0.5) is 0 Å². The summed E-state index contributed by atoms with van der Waals surface area (Å²) in [5.74, 6) is 1.26. The van der Waals surface area contributed by atoms with Crippen LogP contribution in [-0.4, -0.2) is 17.9 Å². The molecule has 0 spiro atoms. The Bertz CT molecular complexity index is 422. The van der Waals surface area contributed by atoms with Crippen LogP contribution in [0.15, 0.2) is 4.99 Å². The smallest absolute Gasteiger partial charge is 0.0972 e. The van der Waals surface area contributed by atoms with E-state index in [2.05, 4.69) is 53.8 Å². The van der Waals surface area contributed by atoms with Gasteiger partial charge in [-0.25, -0.2) is 0 Å². The minimum absolute atomic E-state index is 0.00583. The highest BCUT2D eigenvalue weighted by Gasteiger charge is 2.52. The summed E-state index contributed by atoms with van der Waals surface area (Å²) in [6, 6.07) is 0. The van der Waals surface area contributed by atoms with E-state index < -0.39 is 0 Å². The molecule has 1 aliphatic rings. The van der Waals surface area contributed by atoms with Crippen LogP contribution < -0.4 is 5.32 Å². The maximum atomic E-state index is 5.26. The summed E-state index contributed by atoms with van der Waals surface area (Å²) in [4.78, 5) is 5.26. The van der Waals surface area contributed by atoms with E-state index in [1.54, 1.807) is 0 Å². The average Bonchev–Trinajstić information content (AvgIpc) is 3.04. The molecule has 0 saturated carbocycles. The van der Waals surface area contributed by atoms with E-state index in [1.165, 1.54) is 89.3 Å². The Hall–Kier alpha value is -0.530. The second-order valence-corrected chi connectivity index (χ2v) is 11.3.